The summed E-state index contributed by atoms with van der Waals surface area (Å²) >= 11 is 6.35. The van der Waals surface area contributed by atoms with Crippen LogP contribution in [0.3, 0.4) is 0 Å². The van der Waals surface area contributed by atoms with Crippen LogP contribution in [0.4, 0.5) is 0 Å². The molecule has 7 heteroatoms. The molecule has 0 spiro atoms. The van der Waals surface area contributed by atoms with Crippen LogP contribution in [0.25, 0.3) is 22.3 Å². The highest BCUT2D eigenvalue weighted by Gasteiger charge is 2.50. The summed E-state index contributed by atoms with van der Waals surface area (Å²) in [6.45, 7) is 0. The zero-order valence-corrected chi connectivity index (χ0v) is 16.4. The molecule has 1 N–H and O–H groups in total. The fourth-order valence-corrected chi connectivity index (χ4v) is 4.13. The quantitative estimate of drug-likeness (QED) is 0.408. The molecular formula is C23H16ClN3O3. The Hall–Kier alpha value is -3.64. The molecule has 6 nitrogen and oxygen atoms in total. The highest BCUT2D eigenvalue weighted by atomic mass is 35.5. The van der Waals surface area contributed by atoms with Crippen molar-refractivity contribution in [2.75, 3.05) is 5.01 Å². The largest absolute Gasteiger partial charge is 0.508 e. The van der Waals surface area contributed by atoms with Gasteiger partial charge in [-0.3, -0.25) is 9.59 Å². The van der Waals surface area contributed by atoms with Gasteiger partial charge in [-0.1, -0.05) is 60.7 Å². The van der Waals surface area contributed by atoms with Gasteiger partial charge in [0.15, 0.2) is 5.82 Å². The molecule has 0 radical (unpaired) electrons. The van der Waals surface area contributed by atoms with Crippen molar-refractivity contribution in [2.45, 2.75) is 11.4 Å². The van der Waals surface area contributed by atoms with Crippen LogP contribution in [0.2, 0.25) is 0 Å². The van der Waals surface area contributed by atoms with Crippen LogP contribution in [-0.4, -0.2) is 26.1 Å². The van der Waals surface area contributed by atoms with Crippen molar-refractivity contribution >= 4 is 28.4 Å². The van der Waals surface area contributed by atoms with Gasteiger partial charge in [0.05, 0.1) is 10.9 Å². The van der Waals surface area contributed by atoms with E-state index in [2.05, 4.69) is 4.98 Å². The number of benzene rings is 3. The van der Waals surface area contributed by atoms with Gasteiger partial charge in [0.1, 0.15) is 17.2 Å². The molecule has 1 aliphatic rings. The summed E-state index contributed by atoms with van der Waals surface area (Å²) in [6, 6.07) is 22.1. The highest BCUT2D eigenvalue weighted by Crippen LogP contribution is 2.41. The average Bonchev–Trinajstić information content (AvgIpc) is 2.79. The number of fused-ring (bicyclic) bond motifs is 1. The number of aromatic hydroxyl groups is 1. The number of β-lactam (4-membered cyclic amide) rings is 1. The zero-order valence-electron chi connectivity index (χ0n) is 15.6. The predicted molar refractivity (Wildman–Crippen MR) is 115 cm³/mol. The summed E-state index contributed by atoms with van der Waals surface area (Å²) in [5.74, 6) is -0.0911. The maximum Gasteiger partial charge on any atom is 0.280 e. The standard InChI is InChI=1S/C23H16ClN3O3/c24-19-20(16-11-5-7-13-18(16)28)26(23(19)30)27-21(14-8-2-1-3-9-14)25-17-12-6-4-10-15(17)22(27)29/h1-13,19-20,28H. The van der Waals surface area contributed by atoms with E-state index < -0.39 is 17.3 Å². The lowest BCUT2D eigenvalue weighted by molar-refractivity contribution is -0.126. The molecule has 1 saturated heterocycles. The van der Waals surface area contributed by atoms with Crippen molar-refractivity contribution < 1.29 is 9.90 Å². The molecule has 1 aromatic heterocycles. The minimum absolute atomic E-state index is 0.00806. The topological polar surface area (TPSA) is 75.4 Å². The van der Waals surface area contributed by atoms with Crippen LogP contribution in [0.15, 0.2) is 83.7 Å². The third kappa shape index (κ3) is 2.69. The monoisotopic (exact) mass is 417 g/mol. The first-order chi connectivity index (χ1) is 14.6. The smallest absolute Gasteiger partial charge is 0.280 e. The molecule has 2 unspecified atom stereocenters. The minimum atomic E-state index is -0.903. The number of halogens is 1. The summed E-state index contributed by atoms with van der Waals surface area (Å²) in [5, 5.41) is 11.1. The first-order valence-electron chi connectivity index (χ1n) is 9.40. The Labute approximate surface area is 176 Å². The van der Waals surface area contributed by atoms with Crippen LogP contribution in [0, 0.1) is 0 Å². The van der Waals surface area contributed by atoms with Gasteiger partial charge in [-0.2, -0.15) is 4.68 Å². The van der Waals surface area contributed by atoms with E-state index in [4.69, 9.17) is 11.6 Å². The summed E-state index contributed by atoms with van der Waals surface area (Å²) in [5.41, 5.74) is 1.31. The number of aromatic nitrogens is 2. The SMILES string of the molecule is O=C1C(Cl)C(c2ccccc2O)N1n1c(-c2ccccc2)nc2ccccc2c1=O. The van der Waals surface area contributed by atoms with E-state index in [0.29, 0.717) is 27.9 Å². The molecule has 3 aromatic carbocycles. The van der Waals surface area contributed by atoms with Crippen molar-refractivity contribution in [3.63, 3.8) is 0 Å². The number of para-hydroxylation sites is 2. The molecule has 2 heterocycles. The summed E-state index contributed by atoms with van der Waals surface area (Å²) < 4.78 is 1.27. The normalized spacial score (nSPS) is 18.4. The van der Waals surface area contributed by atoms with Gasteiger partial charge >= 0.3 is 0 Å². The van der Waals surface area contributed by atoms with Gasteiger partial charge in [-0.25, -0.2) is 9.99 Å². The number of hydrogen-bond acceptors (Lipinski definition) is 4. The summed E-state index contributed by atoms with van der Waals surface area (Å²) in [7, 11) is 0. The predicted octanol–water partition coefficient (Wildman–Crippen LogP) is 3.60. The lowest BCUT2D eigenvalue weighted by atomic mass is 9.94. The lowest BCUT2D eigenvalue weighted by Gasteiger charge is -2.45. The van der Waals surface area contributed by atoms with E-state index in [9.17, 15) is 14.7 Å². The molecule has 30 heavy (non-hydrogen) atoms. The number of hydrogen-bond donors (Lipinski definition) is 1. The molecule has 1 aliphatic heterocycles. The van der Waals surface area contributed by atoms with Crippen LogP contribution in [0.5, 0.6) is 5.75 Å². The first-order valence-corrected chi connectivity index (χ1v) is 9.84. The molecule has 2 atom stereocenters. The lowest BCUT2D eigenvalue weighted by Crippen LogP contribution is -2.64. The number of phenols is 1. The number of carbonyl (C=O) groups excluding carboxylic acids is 1. The van der Waals surface area contributed by atoms with Crippen molar-refractivity contribution in [1.29, 1.82) is 0 Å². The van der Waals surface area contributed by atoms with Crippen molar-refractivity contribution in [1.82, 2.24) is 9.66 Å². The maximum absolute atomic E-state index is 13.5. The Morgan fingerprint density at radius 1 is 0.867 bits per heavy atom. The Morgan fingerprint density at radius 2 is 1.53 bits per heavy atom. The number of nitrogens with zero attached hydrogens (tertiary/aromatic N) is 3. The molecule has 0 bridgehead atoms. The molecule has 1 amide bonds. The van der Waals surface area contributed by atoms with Crippen LogP contribution < -0.4 is 10.6 Å². The van der Waals surface area contributed by atoms with E-state index in [1.165, 1.54) is 15.8 Å². The second kappa shape index (κ2) is 7.00. The number of phenolic OH excluding ortho intramolecular Hbond substituents is 1. The average molecular weight is 418 g/mol. The van der Waals surface area contributed by atoms with Gasteiger partial charge in [0.2, 0.25) is 0 Å². The fraction of sp³-hybridized carbons (Fsp3) is 0.0870. The Morgan fingerprint density at radius 3 is 2.30 bits per heavy atom. The maximum atomic E-state index is 13.5. The van der Waals surface area contributed by atoms with Gasteiger partial charge in [-0.15, -0.1) is 11.6 Å². The molecule has 1 fully saturated rings. The summed E-state index contributed by atoms with van der Waals surface area (Å²) in [4.78, 5) is 31.0. The second-order valence-electron chi connectivity index (χ2n) is 7.02. The third-order valence-corrected chi connectivity index (χ3v) is 5.68. The number of amides is 1. The van der Waals surface area contributed by atoms with Crippen molar-refractivity contribution in [3.8, 4) is 17.1 Å². The molecule has 0 aliphatic carbocycles. The molecular weight excluding hydrogens is 402 g/mol. The fourth-order valence-electron chi connectivity index (χ4n) is 3.79. The highest BCUT2D eigenvalue weighted by molar-refractivity contribution is 6.36. The zero-order chi connectivity index (χ0) is 20.8. The molecule has 4 aromatic rings. The van der Waals surface area contributed by atoms with Gasteiger partial charge in [-0.05, 0) is 18.2 Å². The Kier molecular flexibility index (Phi) is 4.29. The van der Waals surface area contributed by atoms with Gasteiger partial charge < -0.3 is 5.11 Å². The number of carbonyl (C=O) groups is 1. The second-order valence-corrected chi connectivity index (χ2v) is 7.49. The van der Waals surface area contributed by atoms with Gasteiger partial charge in [0.25, 0.3) is 11.5 Å². The molecule has 5 rings (SSSR count). The van der Waals surface area contributed by atoms with E-state index in [1.807, 2.05) is 36.4 Å². The van der Waals surface area contributed by atoms with Crippen molar-refractivity contribution in [2.24, 2.45) is 0 Å². The molecule has 0 saturated carbocycles. The summed E-state index contributed by atoms with van der Waals surface area (Å²) in [6.07, 6.45) is 0. The minimum Gasteiger partial charge on any atom is -0.508 e. The van der Waals surface area contributed by atoms with Crippen molar-refractivity contribution in [3.05, 3.63) is 94.8 Å². The van der Waals surface area contributed by atoms with E-state index in [-0.39, 0.29) is 11.3 Å². The van der Waals surface area contributed by atoms with Crippen LogP contribution in [-0.2, 0) is 4.79 Å². The Balaban J connectivity index is 1.79. The van der Waals surface area contributed by atoms with Gasteiger partial charge in [0, 0.05) is 11.1 Å². The third-order valence-electron chi connectivity index (χ3n) is 5.26. The van der Waals surface area contributed by atoms with Crippen LogP contribution >= 0.6 is 11.6 Å². The van der Waals surface area contributed by atoms with E-state index >= 15 is 0 Å². The number of rotatable bonds is 3. The van der Waals surface area contributed by atoms with E-state index in [0.717, 1.165) is 0 Å². The molecule has 148 valence electrons. The first kappa shape index (κ1) is 18.4. The van der Waals surface area contributed by atoms with E-state index in [1.54, 1.807) is 36.4 Å². The Bertz CT molecular complexity index is 1340. The number of alkyl halides is 1. The van der Waals surface area contributed by atoms with Crippen LogP contribution in [0.1, 0.15) is 11.6 Å².